The van der Waals surface area contributed by atoms with Gasteiger partial charge >= 0.3 is 0 Å². The van der Waals surface area contributed by atoms with Gasteiger partial charge in [-0.15, -0.1) is 0 Å². The maximum atomic E-state index is 14.1. The lowest BCUT2D eigenvalue weighted by molar-refractivity contribution is -0.122. The van der Waals surface area contributed by atoms with Crippen LogP contribution in [0.25, 0.3) is 0 Å². The standard InChI is InChI=1S/C19H21FN2O3/c1-13(21-18(23)11-22-9-3-2-4-19(22)24)15-7-8-17(16(20)10-15)25-12-14-5-6-14/h2-4,7-10,13-14H,5-6,11-12H2,1H3,(H,21,23). The van der Waals surface area contributed by atoms with Gasteiger partial charge in [0.2, 0.25) is 5.91 Å². The van der Waals surface area contributed by atoms with E-state index in [0.29, 0.717) is 18.1 Å². The van der Waals surface area contributed by atoms with Gasteiger partial charge in [0.1, 0.15) is 6.54 Å². The Labute approximate surface area is 145 Å². The molecule has 1 N–H and O–H groups in total. The van der Waals surface area contributed by atoms with E-state index in [1.807, 2.05) is 0 Å². The molecule has 5 nitrogen and oxygen atoms in total. The lowest BCUT2D eigenvalue weighted by atomic mass is 10.1. The molecule has 0 saturated heterocycles. The predicted octanol–water partition coefficient (Wildman–Crippen LogP) is 2.65. The van der Waals surface area contributed by atoms with Crippen LogP contribution >= 0.6 is 0 Å². The zero-order valence-corrected chi connectivity index (χ0v) is 14.1. The molecule has 3 rings (SSSR count). The number of hydrogen-bond donors (Lipinski definition) is 1. The quantitative estimate of drug-likeness (QED) is 0.840. The van der Waals surface area contributed by atoms with Crippen LogP contribution in [-0.2, 0) is 11.3 Å². The maximum Gasteiger partial charge on any atom is 0.250 e. The molecule has 1 aliphatic carbocycles. The molecule has 1 atom stereocenters. The van der Waals surface area contributed by atoms with Crippen LogP contribution in [0, 0.1) is 11.7 Å². The third kappa shape index (κ3) is 4.68. The topological polar surface area (TPSA) is 60.3 Å². The van der Waals surface area contributed by atoms with Gasteiger partial charge in [0.15, 0.2) is 11.6 Å². The number of carbonyl (C=O) groups excluding carboxylic acids is 1. The van der Waals surface area contributed by atoms with Gasteiger partial charge in [-0.2, -0.15) is 0 Å². The number of carbonyl (C=O) groups is 1. The monoisotopic (exact) mass is 344 g/mol. The molecule has 0 radical (unpaired) electrons. The number of aromatic nitrogens is 1. The van der Waals surface area contributed by atoms with Crippen LogP contribution in [0.5, 0.6) is 5.75 Å². The third-order valence-electron chi connectivity index (χ3n) is 4.22. The number of nitrogens with zero attached hydrogens (tertiary/aromatic N) is 1. The summed E-state index contributed by atoms with van der Waals surface area (Å²) in [5.41, 5.74) is 0.401. The Morgan fingerprint density at radius 3 is 2.84 bits per heavy atom. The van der Waals surface area contributed by atoms with E-state index in [9.17, 15) is 14.0 Å². The molecule has 1 amide bonds. The van der Waals surface area contributed by atoms with E-state index in [4.69, 9.17) is 4.74 Å². The fourth-order valence-electron chi connectivity index (χ4n) is 2.51. The Morgan fingerprint density at radius 2 is 2.16 bits per heavy atom. The number of benzene rings is 1. The van der Waals surface area contributed by atoms with Crippen molar-refractivity contribution < 1.29 is 13.9 Å². The van der Waals surface area contributed by atoms with E-state index in [-0.39, 0.29) is 29.8 Å². The Kier molecular flexibility index (Phi) is 5.16. The minimum absolute atomic E-state index is 0.0743. The largest absolute Gasteiger partial charge is 0.490 e. The summed E-state index contributed by atoms with van der Waals surface area (Å²) in [5, 5.41) is 2.77. The smallest absolute Gasteiger partial charge is 0.250 e. The summed E-state index contributed by atoms with van der Waals surface area (Å²) in [4.78, 5) is 23.7. The first kappa shape index (κ1) is 17.2. The Morgan fingerprint density at radius 1 is 1.36 bits per heavy atom. The molecule has 0 aliphatic heterocycles. The second-order valence-electron chi connectivity index (χ2n) is 6.40. The van der Waals surface area contributed by atoms with E-state index in [1.165, 1.54) is 16.7 Å². The predicted molar refractivity (Wildman–Crippen MR) is 91.9 cm³/mol. The molecule has 1 saturated carbocycles. The summed E-state index contributed by atoms with van der Waals surface area (Å²) in [6.07, 6.45) is 3.85. The zero-order chi connectivity index (χ0) is 17.8. The van der Waals surface area contributed by atoms with Crippen LogP contribution in [0.1, 0.15) is 31.4 Å². The number of pyridine rings is 1. The number of rotatable bonds is 7. The molecule has 1 aliphatic rings. The van der Waals surface area contributed by atoms with Crippen molar-refractivity contribution in [2.45, 2.75) is 32.4 Å². The fraction of sp³-hybridized carbons (Fsp3) is 0.368. The molecule has 132 valence electrons. The van der Waals surface area contributed by atoms with Gasteiger partial charge in [-0.3, -0.25) is 9.59 Å². The van der Waals surface area contributed by atoms with Crippen LogP contribution in [0.2, 0.25) is 0 Å². The lowest BCUT2D eigenvalue weighted by Gasteiger charge is -2.16. The van der Waals surface area contributed by atoms with Crippen LogP contribution in [0.4, 0.5) is 4.39 Å². The average Bonchev–Trinajstić information content (AvgIpc) is 3.40. The van der Waals surface area contributed by atoms with Crippen molar-refractivity contribution in [2.24, 2.45) is 5.92 Å². The minimum Gasteiger partial charge on any atom is -0.490 e. The van der Waals surface area contributed by atoms with Crippen molar-refractivity contribution in [3.05, 3.63) is 64.3 Å². The maximum absolute atomic E-state index is 14.1. The third-order valence-corrected chi connectivity index (χ3v) is 4.22. The molecule has 1 aromatic heterocycles. The molecule has 25 heavy (non-hydrogen) atoms. The van der Waals surface area contributed by atoms with Crippen molar-refractivity contribution in [3.63, 3.8) is 0 Å². The molecule has 6 heteroatoms. The Bertz CT molecular complexity index is 814. The van der Waals surface area contributed by atoms with Crippen molar-refractivity contribution >= 4 is 5.91 Å². The van der Waals surface area contributed by atoms with Gasteiger partial charge in [-0.05, 0) is 49.4 Å². The first-order valence-electron chi connectivity index (χ1n) is 8.40. The highest BCUT2D eigenvalue weighted by molar-refractivity contribution is 5.76. The van der Waals surface area contributed by atoms with Crippen molar-refractivity contribution in [2.75, 3.05) is 6.61 Å². The fourth-order valence-corrected chi connectivity index (χ4v) is 2.51. The lowest BCUT2D eigenvalue weighted by Crippen LogP contribution is -2.33. The summed E-state index contributed by atoms with van der Waals surface area (Å²) < 4.78 is 20.9. The molecule has 1 fully saturated rings. The molecule has 2 aromatic rings. The number of hydrogen-bond acceptors (Lipinski definition) is 3. The van der Waals surface area contributed by atoms with Gasteiger partial charge in [0, 0.05) is 12.3 Å². The summed E-state index contributed by atoms with van der Waals surface area (Å²) in [6, 6.07) is 9.04. The first-order chi connectivity index (χ1) is 12.0. The van der Waals surface area contributed by atoms with E-state index in [2.05, 4.69) is 5.32 Å². The summed E-state index contributed by atoms with van der Waals surface area (Å²) in [6.45, 7) is 2.24. The highest BCUT2D eigenvalue weighted by Gasteiger charge is 2.22. The zero-order valence-electron chi connectivity index (χ0n) is 14.1. The molecule has 0 bridgehead atoms. The highest BCUT2D eigenvalue weighted by Crippen LogP contribution is 2.30. The van der Waals surface area contributed by atoms with Crippen LogP contribution in [0.3, 0.4) is 0 Å². The van der Waals surface area contributed by atoms with E-state index < -0.39 is 5.82 Å². The van der Waals surface area contributed by atoms with Crippen molar-refractivity contribution in [3.8, 4) is 5.75 Å². The summed E-state index contributed by atoms with van der Waals surface area (Å²) in [7, 11) is 0. The number of halogens is 1. The van der Waals surface area contributed by atoms with Gasteiger partial charge in [0.05, 0.1) is 12.6 Å². The summed E-state index contributed by atoms with van der Waals surface area (Å²) in [5.74, 6) is 0.0532. The van der Waals surface area contributed by atoms with Gasteiger partial charge < -0.3 is 14.6 Å². The molecular formula is C19H21FN2O3. The molecule has 1 unspecified atom stereocenters. The Hall–Kier alpha value is -2.63. The summed E-state index contributed by atoms with van der Waals surface area (Å²) >= 11 is 0. The molecule has 0 spiro atoms. The van der Waals surface area contributed by atoms with Crippen LogP contribution in [-0.4, -0.2) is 17.1 Å². The van der Waals surface area contributed by atoms with Crippen molar-refractivity contribution in [1.82, 2.24) is 9.88 Å². The van der Waals surface area contributed by atoms with Crippen molar-refractivity contribution in [1.29, 1.82) is 0 Å². The van der Waals surface area contributed by atoms with Crippen LogP contribution in [0.15, 0.2) is 47.4 Å². The van der Waals surface area contributed by atoms with E-state index >= 15 is 0 Å². The SMILES string of the molecule is CC(NC(=O)Cn1ccccc1=O)c1ccc(OCC2CC2)c(F)c1. The van der Waals surface area contributed by atoms with Gasteiger partial charge in [-0.25, -0.2) is 4.39 Å². The highest BCUT2D eigenvalue weighted by atomic mass is 19.1. The molecular weight excluding hydrogens is 323 g/mol. The van der Waals surface area contributed by atoms with E-state index in [1.54, 1.807) is 37.4 Å². The Balaban J connectivity index is 1.59. The minimum atomic E-state index is -0.432. The second kappa shape index (κ2) is 7.51. The number of nitrogens with one attached hydrogen (secondary N) is 1. The van der Waals surface area contributed by atoms with Gasteiger partial charge in [-0.1, -0.05) is 12.1 Å². The first-order valence-corrected chi connectivity index (χ1v) is 8.40. The van der Waals surface area contributed by atoms with E-state index in [0.717, 1.165) is 12.8 Å². The average molecular weight is 344 g/mol. The van der Waals surface area contributed by atoms with Crippen LogP contribution < -0.4 is 15.6 Å². The number of amides is 1. The molecule has 1 aromatic carbocycles. The normalized spacial score (nSPS) is 14.8. The molecule has 1 heterocycles. The number of ether oxygens (including phenoxy) is 1. The van der Waals surface area contributed by atoms with Gasteiger partial charge in [0.25, 0.3) is 5.56 Å². The second-order valence-corrected chi connectivity index (χ2v) is 6.40.